The van der Waals surface area contributed by atoms with Crippen molar-refractivity contribution in [3.8, 4) is 28.6 Å². The lowest BCUT2D eigenvalue weighted by Crippen LogP contribution is -2.27. The van der Waals surface area contributed by atoms with Crippen LogP contribution in [-0.4, -0.2) is 54.2 Å². The highest BCUT2D eigenvalue weighted by Crippen LogP contribution is 2.42. The van der Waals surface area contributed by atoms with Crippen LogP contribution in [0, 0.1) is 13.8 Å². The molecule has 0 amide bonds. The SMILES string of the molecule is CCN(CC)CCn1c(O)c(C)c(C(=O)c2ccc(C)cc2)c1-c1cc(OC)ccc1OC. The Morgan fingerprint density at radius 1 is 1.00 bits per heavy atom. The Kier molecular flexibility index (Phi) is 7.82. The predicted octanol–water partition coefficient (Wildman–Crippen LogP) is 5.07. The number of ketones is 1. The van der Waals surface area contributed by atoms with E-state index in [1.54, 1.807) is 21.1 Å². The highest BCUT2D eigenvalue weighted by Gasteiger charge is 2.28. The van der Waals surface area contributed by atoms with E-state index in [0.29, 0.717) is 46.0 Å². The lowest BCUT2D eigenvalue weighted by atomic mass is 9.96. The summed E-state index contributed by atoms with van der Waals surface area (Å²) in [6, 6.07) is 13.0. The summed E-state index contributed by atoms with van der Waals surface area (Å²) in [4.78, 5) is 16.0. The van der Waals surface area contributed by atoms with E-state index in [-0.39, 0.29) is 11.7 Å². The van der Waals surface area contributed by atoms with Crippen LogP contribution in [0.3, 0.4) is 0 Å². The summed E-state index contributed by atoms with van der Waals surface area (Å²) in [6.07, 6.45) is 0. The topological polar surface area (TPSA) is 63.9 Å². The van der Waals surface area contributed by atoms with Crippen LogP contribution >= 0.6 is 0 Å². The van der Waals surface area contributed by atoms with E-state index < -0.39 is 0 Å². The highest BCUT2D eigenvalue weighted by atomic mass is 16.5. The molecule has 0 radical (unpaired) electrons. The summed E-state index contributed by atoms with van der Waals surface area (Å²) in [6.45, 7) is 11.1. The van der Waals surface area contributed by atoms with Crippen molar-refractivity contribution in [3.05, 3.63) is 64.7 Å². The van der Waals surface area contributed by atoms with Crippen LogP contribution in [0.15, 0.2) is 42.5 Å². The lowest BCUT2D eigenvalue weighted by molar-refractivity contribution is 0.103. The van der Waals surface area contributed by atoms with Gasteiger partial charge in [-0.05, 0) is 45.1 Å². The van der Waals surface area contributed by atoms with Gasteiger partial charge in [0.1, 0.15) is 11.5 Å². The summed E-state index contributed by atoms with van der Waals surface area (Å²) >= 11 is 0. The molecule has 0 fully saturated rings. The fourth-order valence-corrected chi connectivity index (χ4v) is 4.14. The Labute approximate surface area is 196 Å². The van der Waals surface area contributed by atoms with Crippen LogP contribution < -0.4 is 9.47 Å². The third-order valence-electron chi connectivity index (χ3n) is 6.21. The van der Waals surface area contributed by atoms with Crippen molar-refractivity contribution >= 4 is 5.78 Å². The molecule has 0 saturated heterocycles. The first-order valence-electron chi connectivity index (χ1n) is 11.3. The van der Waals surface area contributed by atoms with Crippen molar-refractivity contribution < 1.29 is 19.4 Å². The fraction of sp³-hybridized carbons (Fsp3) is 0.370. The number of methoxy groups -OCH3 is 2. The molecule has 0 aliphatic carbocycles. The Balaban J connectivity index is 2.26. The minimum Gasteiger partial charge on any atom is -0.497 e. The van der Waals surface area contributed by atoms with E-state index in [1.807, 2.05) is 54.0 Å². The van der Waals surface area contributed by atoms with Gasteiger partial charge in [-0.3, -0.25) is 4.79 Å². The lowest BCUT2D eigenvalue weighted by Gasteiger charge is -2.21. The quantitative estimate of drug-likeness (QED) is 0.437. The number of nitrogens with zero attached hydrogens (tertiary/aromatic N) is 2. The normalized spacial score (nSPS) is 11.1. The fourth-order valence-electron chi connectivity index (χ4n) is 4.14. The molecule has 0 atom stereocenters. The molecular weight excluding hydrogens is 416 g/mol. The molecule has 33 heavy (non-hydrogen) atoms. The van der Waals surface area contributed by atoms with Crippen LogP contribution in [0.25, 0.3) is 11.3 Å². The van der Waals surface area contributed by atoms with Gasteiger partial charge < -0.3 is 24.0 Å². The van der Waals surface area contributed by atoms with Gasteiger partial charge in [0.2, 0.25) is 0 Å². The summed E-state index contributed by atoms with van der Waals surface area (Å²) in [5.74, 6) is 1.21. The predicted molar refractivity (Wildman–Crippen MR) is 132 cm³/mol. The van der Waals surface area contributed by atoms with Gasteiger partial charge in [-0.15, -0.1) is 0 Å². The third kappa shape index (κ3) is 4.91. The number of benzene rings is 2. The first kappa shape index (κ1) is 24.4. The van der Waals surface area contributed by atoms with E-state index in [1.165, 1.54) is 0 Å². The summed E-state index contributed by atoms with van der Waals surface area (Å²) in [5, 5.41) is 11.2. The Morgan fingerprint density at radius 3 is 2.24 bits per heavy atom. The van der Waals surface area contributed by atoms with Gasteiger partial charge in [-0.25, -0.2) is 0 Å². The zero-order valence-electron chi connectivity index (χ0n) is 20.4. The van der Waals surface area contributed by atoms with E-state index in [0.717, 1.165) is 25.2 Å². The molecule has 1 heterocycles. The van der Waals surface area contributed by atoms with Gasteiger partial charge >= 0.3 is 0 Å². The van der Waals surface area contributed by atoms with Gasteiger partial charge in [-0.1, -0.05) is 43.7 Å². The number of aromatic hydroxyl groups is 1. The molecule has 0 saturated carbocycles. The zero-order valence-corrected chi connectivity index (χ0v) is 20.4. The molecule has 3 aromatic rings. The van der Waals surface area contributed by atoms with Crippen molar-refractivity contribution in [3.63, 3.8) is 0 Å². The molecule has 1 aromatic heterocycles. The molecule has 0 aliphatic rings. The van der Waals surface area contributed by atoms with E-state index in [2.05, 4.69) is 18.7 Å². The maximum absolute atomic E-state index is 13.7. The minimum atomic E-state index is -0.135. The first-order valence-corrected chi connectivity index (χ1v) is 11.3. The van der Waals surface area contributed by atoms with Crippen LogP contribution in [0.1, 0.15) is 40.9 Å². The first-order chi connectivity index (χ1) is 15.9. The Morgan fingerprint density at radius 2 is 1.67 bits per heavy atom. The molecule has 1 N–H and O–H groups in total. The monoisotopic (exact) mass is 450 g/mol. The highest BCUT2D eigenvalue weighted by molar-refractivity contribution is 6.14. The molecule has 0 unspecified atom stereocenters. The van der Waals surface area contributed by atoms with Gasteiger partial charge in [0, 0.05) is 29.8 Å². The molecule has 176 valence electrons. The molecule has 0 spiro atoms. The number of carbonyl (C=O) groups is 1. The van der Waals surface area contributed by atoms with Gasteiger partial charge in [-0.2, -0.15) is 0 Å². The number of hydrogen-bond acceptors (Lipinski definition) is 5. The summed E-state index contributed by atoms with van der Waals surface area (Å²) in [5.41, 5.74) is 4.03. The average molecular weight is 451 g/mol. The second-order valence-corrected chi connectivity index (χ2v) is 8.11. The molecule has 0 bridgehead atoms. The van der Waals surface area contributed by atoms with Crippen molar-refractivity contribution in [2.75, 3.05) is 33.9 Å². The number of carbonyl (C=O) groups excluding carboxylic acids is 1. The van der Waals surface area contributed by atoms with Crippen molar-refractivity contribution in [2.24, 2.45) is 0 Å². The average Bonchev–Trinajstić information content (AvgIpc) is 3.09. The van der Waals surface area contributed by atoms with E-state index in [9.17, 15) is 9.90 Å². The van der Waals surface area contributed by atoms with E-state index in [4.69, 9.17) is 9.47 Å². The summed E-state index contributed by atoms with van der Waals surface area (Å²) < 4.78 is 12.9. The van der Waals surface area contributed by atoms with Gasteiger partial charge in [0.15, 0.2) is 11.7 Å². The van der Waals surface area contributed by atoms with E-state index >= 15 is 0 Å². The van der Waals surface area contributed by atoms with Crippen LogP contribution in [-0.2, 0) is 6.54 Å². The van der Waals surface area contributed by atoms with Crippen molar-refractivity contribution in [1.82, 2.24) is 9.47 Å². The van der Waals surface area contributed by atoms with Gasteiger partial charge in [0.05, 0.1) is 25.5 Å². The van der Waals surface area contributed by atoms with Crippen LogP contribution in [0.2, 0.25) is 0 Å². The molecule has 2 aromatic carbocycles. The second kappa shape index (κ2) is 10.6. The molecular formula is C27H34N2O4. The number of rotatable bonds is 10. The maximum atomic E-state index is 13.7. The zero-order chi connectivity index (χ0) is 24.1. The number of ether oxygens (including phenoxy) is 2. The molecule has 3 rings (SSSR count). The van der Waals surface area contributed by atoms with Crippen LogP contribution in [0.5, 0.6) is 17.4 Å². The third-order valence-corrected chi connectivity index (χ3v) is 6.21. The maximum Gasteiger partial charge on any atom is 0.195 e. The number of likely N-dealkylation sites (N-methyl/N-ethyl adjacent to an activating group) is 1. The van der Waals surface area contributed by atoms with Gasteiger partial charge in [0.25, 0.3) is 0 Å². The number of aryl methyl sites for hydroxylation is 1. The van der Waals surface area contributed by atoms with Crippen LogP contribution in [0.4, 0.5) is 0 Å². The minimum absolute atomic E-state index is 0.0949. The second-order valence-electron chi connectivity index (χ2n) is 8.11. The molecule has 6 nitrogen and oxygen atoms in total. The smallest absolute Gasteiger partial charge is 0.195 e. The Bertz CT molecular complexity index is 1110. The number of aromatic nitrogens is 1. The molecule has 6 heteroatoms. The molecule has 0 aliphatic heterocycles. The summed E-state index contributed by atoms with van der Waals surface area (Å²) in [7, 11) is 3.20. The largest absolute Gasteiger partial charge is 0.497 e. The van der Waals surface area contributed by atoms with Crippen molar-refractivity contribution in [1.29, 1.82) is 0 Å². The Hall–Kier alpha value is -3.25. The number of hydrogen-bond donors (Lipinski definition) is 1. The standard InChI is InChI=1S/C27H34N2O4/c1-7-28(8-2)15-16-29-25(22-17-21(32-5)13-14-23(22)33-6)24(19(4)27(29)31)26(30)20-11-9-18(3)10-12-20/h9-14,17,31H,7-8,15-16H2,1-6H3. The van der Waals surface area contributed by atoms with Crippen molar-refractivity contribution in [2.45, 2.75) is 34.2 Å².